The fourth-order valence-corrected chi connectivity index (χ4v) is 1.75. The fourth-order valence-electron chi connectivity index (χ4n) is 1.75. The molecule has 0 N–H and O–H groups in total. The molecular formula is C10H16O2. The molecule has 0 spiro atoms. The highest BCUT2D eigenvalue weighted by Gasteiger charge is 2.16. The third kappa shape index (κ3) is 1.74. The van der Waals surface area contributed by atoms with Crippen molar-refractivity contribution in [3.05, 3.63) is 11.5 Å². The molecule has 1 heterocycles. The van der Waals surface area contributed by atoms with Crippen molar-refractivity contribution in [3.8, 4) is 0 Å². The van der Waals surface area contributed by atoms with Crippen LogP contribution in [0.15, 0.2) is 11.5 Å². The second-order valence-electron chi connectivity index (χ2n) is 3.46. The predicted molar refractivity (Wildman–Crippen MR) is 46.6 cm³/mol. The Balaban J connectivity index is 2.06. The van der Waals surface area contributed by atoms with Gasteiger partial charge >= 0.3 is 0 Å². The smallest absolute Gasteiger partial charge is 0.133 e. The van der Waals surface area contributed by atoms with E-state index in [1.165, 1.54) is 12.8 Å². The van der Waals surface area contributed by atoms with Gasteiger partial charge in [0.25, 0.3) is 0 Å². The van der Waals surface area contributed by atoms with Gasteiger partial charge in [-0.3, -0.25) is 0 Å². The molecule has 0 aromatic rings. The van der Waals surface area contributed by atoms with Gasteiger partial charge in [0.05, 0.1) is 13.2 Å². The minimum Gasteiger partial charge on any atom is -0.494 e. The Morgan fingerprint density at radius 3 is 1.67 bits per heavy atom. The van der Waals surface area contributed by atoms with Crippen LogP contribution in [0.5, 0.6) is 0 Å². The van der Waals surface area contributed by atoms with Crippen molar-refractivity contribution in [1.29, 1.82) is 0 Å². The lowest BCUT2D eigenvalue weighted by molar-refractivity contribution is 0.0989. The van der Waals surface area contributed by atoms with E-state index in [1.807, 2.05) is 0 Å². The average Bonchev–Trinajstić information content (AvgIpc) is 2.06. The number of ether oxygens (including phenoxy) is 2. The van der Waals surface area contributed by atoms with Crippen molar-refractivity contribution in [2.75, 3.05) is 13.2 Å². The molecule has 2 rings (SSSR count). The highest BCUT2D eigenvalue weighted by atomic mass is 16.5. The van der Waals surface area contributed by atoms with E-state index in [0.717, 1.165) is 50.4 Å². The Labute approximate surface area is 73.5 Å². The predicted octanol–water partition coefficient (Wildman–Crippen LogP) is 2.60. The van der Waals surface area contributed by atoms with Gasteiger partial charge in [0.15, 0.2) is 0 Å². The molecule has 0 radical (unpaired) electrons. The van der Waals surface area contributed by atoms with Crippen LogP contribution < -0.4 is 0 Å². The molecule has 1 aliphatic carbocycles. The minimum absolute atomic E-state index is 0.891. The molecule has 68 valence electrons. The summed E-state index contributed by atoms with van der Waals surface area (Å²) in [6.07, 6.45) is 6.99. The maximum Gasteiger partial charge on any atom is 0.133 e. The lowest BCUT2D eigenvalue weighted by Crippen LogP contribution is -2.11. The topological polar surface area (TPSA) is 18.5 Å². The summed E-state index contributed by atoms with van der Waals surface area (Å²) in [5.41, 5.74) is 0. The van der Waals surface area contributed by atoms with Crippen LogP contribution in [0.1, 0.15) is 38.5 Å². The van der Waals surface area contributed by atoms with E-state index in [2.05, 4.69) is 0 Å². The van der Waals surface area contributed by atoms with Crippen LogP contribution in [-0.4, -0.2) is 13.2 Å². The second-order valence-corrected chi connectivity index (χ2v) is 3.46. The van der Waals surface area contributed by atoms with Gasteiger partial charge in [-0.05, 0) is 25.7 Å². The van der Waals surface area contributed by atoms with Crippen LogP contribution in [-0.2, 0) is 9.47 Å². The van der Waals surface area contributed by atoms with E-state index in [4.69, 9.17) is 9.47 Å². The lowest BCUT2D eigenvalue weighted by Gasteiger charge is -2.23. The van der Waals surface area contributed by atoms with Gasteiger partial charge in [0.1, 0.15) is 11.5 Å². The zero-order valence-electron chi connectivity index (χ0n) is 7.47. The van der Waals surface area contributed by atoms with Gasteiger partial charge in [-0.1, -0.05) is 0 Å². The first-order valence-corrected chi connectivity index (χ1v) is 4.94. The minimum atomic E-state index is 0.891. The monoisotopic (exact) mass is 168 g/mol. The third-order valence-electron chi connectivity index (χ3n) is 2.46. The van der Waals surface area contributed by atoms with Crippen molar-refractivity contribution < 1.29 is 9.47 Å². The zero-order chi connectivity index (χ0) is 8.23. The first kappa shape index (κ1) is 7.96. The summed E-state index contributed by atoms with van der Waals surface area (Å²) in [5.74, 6) is 2.28. The Morgan fingerprint density at radius 1 is 0.667 bits per heavy atom. The molecule has 0 bridgehead atoms. The Morgan fingerprint density at radius 2 is 1.17 bits per heavy atom. The summed E-state index contributed by atoms with van der Waals surface area (Å²) in [7, 11) is 0. The first-order valence-electron chi connectivity index (χ1n) is 4.94. The summed E-state index contributed by atoms with van der Waals surface area (Å²) >= 11 is 0. The van der Waals surface area contributed by atoms with Crippen LogP contribution >= 0.6 is 0 Å². The van der Waals surface area contributed by atoms with Gasteiger partial charge in [-0.2, -0.15) is 0 Å². The van der Waals surface area contributed by atoms with Crippen LogP contribution in [0.25, 0.3) is 0 Å². The average molecular weight is 168 g/mol. The molecule has 0 aromatic heterocycles. The summed E-state index contributed by atoms with van der Waals surface area (Å²) < 4.78 is 11.3. The molecule has 2 aliphatic rings. The highest BCUT2D eigenvalue weighted by molar-refractivity contribution is 5.05. The molecule has 1 aliphatic heterocycles. The number of rotatable bonds is 0. The molecule has 0 aromatic carbocycles. The van der Waals surface area contributed by atoms with E-state index in [-0.39, 0.29) is 0 Å². The Bertz CT molecular complexity index is 164. The van der Waals surface area contributed by atoms with Gasteiger partial charge in [0.2, 0.25) is 0 Å². The van der Waals surface area contributed by atoms with Gasteiger partial charge in [0, 0.05) is 12.8 Å². The molecular weight excluding hydrogens is 152 g/mol. The third-order valence-corrected chi connectivity index (χ3v) is 2.46. The Hall–Kier alpha value is -0.660. The zero-order valence-corrected chi connectivity index (χ0v) is 7.47. The molecule has 0 atom stereocenters. The van der Waals surface area contributed by atoms with Gasteiger partial charge in [-0.15, -0.1) is 0 Å². The van der Waals surface area contributed by atoms with Crippen molar-refractivity contribution in [2.24, 2.45) is 0 Å². The molecule has 2 heteroatoms. The number of hydrogen-bond donors (Lipinski definition) is 0. The fraction of sp³-hybridized carbons (Fsp3) is 0.800. The van der Waals surface area contributed by atoms with Crippen molar-refractivity contribution in [3.63, 3.8) is 0 Å². The van der Waals surface area contributed by atoms with E-state index in [9.17, 15) is 0 Å². The second kappa shape index (κ2) is 3.83. The van der Waals surface area contributed by atoms with Crippen molar-refractivity contribution in [2.45, 2.75) is 38.5 Å². The van der Waals surface area contributed by atoms with Crippen LogP contribution in [0, 0.1) is 0 Å². The molecule has 2 nitrogen and oxygen atoms in total. The largest absolute Gasteiger partial charge is 0.494 e. The van der Waals surface area contributed by atoms with E-state index < -0.39 is 0 Å². The summed E-state index contributed by atoms with van der Waals surface area (Å²) in [4.78, 5) is 0. The summed E-state index contributed by atoms with van der Waals surface area (Å²) in [6, 6.07) is 0. The molecule has 12 heavy (non-hydrogen) atoms. The van der Waals surface area contributed by atoms with Crippen LogP contribution in [0.4, 0.5) is 0 Å². The van der Waals surface area contributed by atoms with E-state index >= 15 is 0 Å². The van der Waals surface area contributed by atoms with Crippen molar-refractivity contribution in [1.82, 2.24) is 0 Å². The first-order chi connectivity index (χ1) is 5.97. The maximum atomic E-state index is 5.64. The molecule has 0 unspecified atom stereocenters. The normalized spacial score (nSPS) is 24.7. The van der Waals surface area contributed by atoms with Crippen LogP contribution in [0.3, 0.4) is 0 Å². The van der Waals surface area contributed by atoms with E-state index in [1.54, 1.807) is 0 Å². The van der Waals surface area contributed by atoms with Gasteiger partial charge < -0.3 is 9.47 Å². The molecule has 0 amide bonds. The summed E-state index contributed by atoms with van der Waals surface area (Å²) in [5, 5.41) is 0. The van der Waals surface area contributed by atoms with Crippen LogP contribution in [0.2, 0.25) is 0 Å². The Kier molecular flexibility index (Phi) is 2.54. The number of allylic oxidation sites excluding steroid dienone is 2. The van der Waals surface area contributed by atoms with Crippen molar-refractivity contribution >= 4 is 0 Å². The van der Waals surface area contributed by atoms with E-state index in [0.29, 0.717) is 0 Å². The summed E-state index contributed by atoms with van der Waals surface area (Å²) in [6.45, 7) is 1.78. The highest BCUT2D eigenvalue weighted by Crippen LogP contribution is 2.27. The standard InChI is InChI=1S/C10H16O2/c1-2-6-10-9(5-1)11-7-3-4-8-12-10/h1-8H2. The maximum absolute atomic E-state index is 5.64. The van der Waals surface area contributed by atoms with Gasteiger partial charge in [-0.25, -0.2) is 0 Å². The lowest BCUT2D eigenvalue weighted by atomic mass is 10.0. The molecule has 0 fully saturated rings. The number of hydrogen-bond acceptors (Lipinski definition) is 2. The molecule has 0 saturated carbocycles. The molecule has 0 saturated heterocycles. The quantitative estimate of drug-likeness (QED) is 0.553. The SMILES string of the molecule is C1CCOC2=C(CCCC2)OC1.